The van der Waals surface area contributed by atoms with Crippen molar-refractivity contribution in [3.05, 3.63) is 58.8 Å². The normalized spacial score (nSPS) is 11.2. The fourth-order valence-corrected chi connectivity index (χ4v) is 4.26. The minimum absolute atomic E-state index is 0.102. The van der Waals surface area contributed by atoms with Gasteiger partial charge in [-0.15, -0.1) is 0 Å². The van der Waals surface area contributed by atoms with Gasteiger partial charge in [-0.25, -0.2) is 13.4 Å². The number of pyridine rings is 1. The molecular formula is C13H12N2O4S2. The van der Waals surface area contributed by atoms with E-state index < -0.39 is 14.8 Å². The lowest BCUT2D eigenvalue weighted by atomic mass is 10.4. The lowest BCUT2D eigenvalue weighted by molar-refractivity contribution is -0.388. The quantitative estimate of drug-likeness (QED) is 0.461. The van der Waals surface area contributed by atoms with Gasteiger partial charge in [0.15, 0.2) is 14.9 Å². The van der Waals surface area contributed by atoms with Crippen molar-refractivity contribution in [3.63, 3.8) is 0 Å². The van der Waals surface area contributed by atoms with Crippen molar-refractivity contribution in [1.82, 2.24) is 4.98 Å². The second kappa shape index (κ2) is 6.68. The average molecular weight is 324 g/mol. The molecule has 0 atom stereocenters. The number of hydrogen-bond acceptors (Lipinski definition) is 6. The van der Waals surface area contributed by atoms with E-state index in [-0.39, 0.29) is 27.1 Å². The number of thioether (sulfide) groups is 1. The fourth-order valence-electron chi connectivity index (χ4n) is 1.63. The number of nitrogens with zero attached hydrogens (tertiary/aromatic N) is 2. The van der Waals surface area contributed by atoms with E-state index in [0.717, 1.165) is 11.8 Å². The van der Waals surface area contributed by atoms with E-state index in [1.807, 2.05) is 0 Å². The molecule has 8 heteroatoms. The molecule has 0 bridgehead atoms. The van der Waals surface area contributed by atoms with Gasteiger partial charge in [-0.2, -0.15) is 0 Å². The number of sulfone groups is 1. The molecule has 1 heterocycles. The number of nitro groups is 1. The molecule has 0 spiro atoms. The second-order valence-electron chi connectivity index (χ2n) is 4.07. The van der Waals surface area contributed by atoms with E-state index in [1.54, 1.807) is 18.2 Å². The van der Waals surface area contributed by atoms with Crippen LogP contribution in [0.3, 0.4) is 0 Å². The smallest absolute Gasteiger partial charge is 0.258 e. The predicted molar refractivity (Wildman–Crippen MR) is 80.1 cm³/mol. The maximum atomic E-state index is 12.1. The Morgan fingerprint density at radius 2 is 1.86 bits per heavy atom. The second-order valence-corrected chi connectivity index (χ2v) is 7.26. The van der Waals surface area contributed by atoms with E-state index in [2.05, 4.69) is 4.98 Å². The topological polar surface area (TPSA) is 90.2 Å². The molecule has 0 aliphatic carbocycles. The molecule has 6 nitrogen and oxygen atoms in total. The van der Waals surface area contributed by atoms with Gasteiger partial charge in [-0.1, -0.05) is 30.0 Å². The molecule has 110 valence electrons. The summed E-state index contributed by atoms with van der Waals surface area (Å²) in [4.78, 5) is 14.5. The molecule has 0 aliphatic heterocycles. The van der Waals surface area contributed by atoms with Crippen molar-refractivity contribution >= 4 is 27.3 Å². The van der Waals surface area contributed by atoms with Gasteiger partial charge in [0.25, 0.3) is 0 Å². The average Bonchev–Trinajstić information content (AvgIpc) is 2.48. The number of hydrogen-bond donors (Lipinski definition) is 0. The molecule has 0 saturated heterocycles. The molecule has 0 saturated carbocycles. The van der Waals surface area contributed by atoms with Crippen molar-refractivity contribution in [3.8, 4) is 0 Å². The molecule has 0 amide bonds. The van der Waals surface area contributed by atoms with Crippen LogP contribution in [0.15, 0.2) is 58.6 Å². The van der Waals surface area contributed by atoms with E-state index in [4.69, 9.17) is 0 Å². The van der Waals surface area contributed by atoms with Crippen LogP contribution in [0.1, 0.15) is 0 Å². The Bertz CT molecular complexity index is 733. The molecule has 2 aromatic rings. The van der Waals surface area contributed by atoms with Crippen molar-refractivity contribution < 1.29 is 13.3 Å². The van der Waals surface area contributed by atoms with E-state index in [9.17, 15) is 18.5 Å². The van der Waals surface area contributed by atoms with Crippen LogP contribution in [0.4, 0.5) is 5.69 Å². The Morgan fingerprint density at radius 1 is 1.14 bits per heavy atom. The first-order chi connectivity index (χ1) is 10.0. The monoisotopic (exact) mass is 324 g/mol. The lowest BCUT2D eigenvalue weighted by Crippen LogP contribution is -2.09. The summed E-state index contributed by atoms with van der Waals surface area (Å²) in [6.07, 6.45) is 1.45. The Morgan fingerprint density at radius 3 is 2.52 bits per heavy atom. The van der Waals surface area contributed by atoms with E-state index in [0.29, 0.717) is 0 Å². The Kier molecular flexibility index (Phi) is 4.92. The van der Waals surface area contributed by atoms with Gasteiger partial charge in [0, 0.05) is 18.0 Å². The summed E-state index contributed by atoms with van der Waals surface area (Å²) in [6, 6.07) is 10.9. The molecule has 0 fully saturated rings. The van der Waals surface area contributed by atoms with Gasteiger partial charge in [0.2, 0.25) is 0 Å². The highest BCUT2D eigenvalue weighted by atomic mass is 32.2. The van der Waals surface area contributed by atoms with Crippen LogP contribution in [-0.2, 0) is 9.84 Å². The minimum atomic E-state index is -3.38. The molecular weight excluding hydrogens is 312 g/mol. The summed E-state index contributed by atoms with van der Waals surface area (Å²) >= 11 is 1.06. The molecule has 0 aliphatic rings. The molecule has 0 radical (unpaired) electrons. The first-order valence-electron chi connectivity index (χ1n) is 6.01. The zero-order chi connectivity index (χ0) is 15.3. The molecule has 2 rings (SSSR count). The Hall–Kier alpha value is -1.93. The number of aromatic nitrogens is 1. The minimum Gasteiger partial charge on any atom is -0.258 e. The van der Waals surface area contributed by atoms with Crippen LogP contribution in [0.25, 0.3) is 0 Å². The summed E-state index contributed by atoms with van der Waals surface area (Å²) in [5.41, 5.74) is -0.111. The lowest BCUT2D eigenvalue weighted by Gasteiger charge is -2.04. The highest BCUT2D eigenvalue weighted by molar-refractivity contribution is 8.00. The predicted octanol–water partition coefficient (Wildman–Crippen LogP) is 2.56. The molecule has 1 aromatic heterocycles. The van der Waals surface area contributed by atoms with Crippen LogP contribution < -0.4 is 0 Å². The summed E-state index contributed by atoms with van der Waals surface area (Å²) in [6.45, 7) is 0. The van der Waals surface area contributed by atoms with Crippen molar-refractivity contribution in [2.45, 2.75) is 9.92 Å². The third-order valence-corrected chi connectivity index (χ3v) is 5.63. The standard InChI is InChI=1S/C13H12N2O4S2/c16-15(17)12-7-4-8-14-13(12)20-9-10-21(18,19)11-5-2-1-3-6-11/h1-8H,9-10H2. The molecule has 1 aromatic carbocycles. The van der Waals surface area contributed by atoms with Crippen LogP contribution in [0.5, 0.6) is 0 Å². The van der Waals surface area contributed by atoms with Crippen LogP contribution >= 0.6 is 11.8 Å². The van der Waals surface area contributed by atoms with Crippen molar-refractivity contribution in [2.75, 3.05) is 11.5 Å². The highest BCUT2D eigenvalue weighted by Crippen LogP contribution is 2.26. The van der Waals surface area contributed by atoms with Gasteiger partial charge < -0.3 is 0 Å². The maximum Gasteiger partial charge on any atom is 0.301 e. The molecule has 0 N–H and O–H groups in total. The van der Waals surface area contributed by atoms with Crippen molar-refractivity contribution in [2.24, 2.45) is 0 Å². The summed E-state index contributed by atoms with van der Waals surface area (Å²) in [7, 11) is -3.38. The van der Waals surface area contributed by atoms with Crippen LogP contribution in [-0.4, -0.2) is 29.8 Å². The van der Waals surface area contributed by atoms with Gasteiger partial charge in [-0.05, 0) is 18.2 Å². The van der Waals surface area contributed by atoms with Gasteiger partial charge in [-0.3, -0.25) is 10.1 Å². The summed E-state index contributed by atoms with van der Waals surface area (Å²) in [5, 5.41) is 11.1. The Labute approximate surface area is 126 Å². The zero-order valence-corrected chi connectivity index (χ0v) is 12.5. The fraction of sp³-hybridized carbons (Fsp3) is 0.154. The number of benzene rings is 1. The summed E-state index contributed by atoms with van der Waals surface area (Å²) in [5.74, 6) is 0.102. The third-order valence-electron chi connectivity index (χ3n) is 2.64. The third kappa shape index (κ3) is 4.02. The van der Waals surface area contributed by atoms with Gasteiger partial charge in [0.1, 0.15) is 0 Å². The van der Waals surface area contributed by atoms with E-state index in [1.165, 1.54) is 30.5 Å². The van der Waals surface area contributed by atoms with Gasteiger partial charge in [0.05, 0.1) is 15.6 Å². The van der Waals surface area contributed by atoms with Crippen LogP contribution in [0, 0.1) is 10.1 Å². The van der Waals surface area contributed by atoms with Crippen molar-refractivity contribution in [1.29, 1.82) is 0 Å². The molecule has 21 heavy (non-hydrogen) atoms. The highest BCUT2D eigenvalue weighted by Gasteiger charge is 2.17. The summed E-state index contributed by atoms with van der Waals surface area (Å²) < 4.78 is 24.1. The van der Waals surface area contributed by atoms with Crippen LogP contribution in [0.2, 0.25) is 0 Å². The number of rotatable bonds is 6. The zero-order valence-electron chi connectivity index (χ0n) is 10.9. The SMILES string of the molecule is O=[N+]([O-])c1cccnc1SCCS(=O)(=O)c1ccccc1. The largest absolute Gasteiger partial charge is 0.301 e. The van der Waals surface area contributed by atoms with E-state index >= 15 is 0 Å². The first-order valence-corrected chi connectivity index (χ1v) is 8.64. The first kappa shape index (κ1) is 15.5. The molecule has 0 unspecified atom stereocenters. The maximum absolute atomic E-state index is 12.1. The van der Waals surface area contributed by atoms with Gasteiger partial charge >= 0.3 is 5.69 Å². The Balaban J connectivity index is 2.04.